The second kappa shape index (κ2) is 11.0. The maximum Gasteiger partial charge on any atom is 0.380 e. The molecule has 0 amide bonds. The number of alkyl halides is 6. The fourth-order valence-electron chi connectivity index (χ4n) is 5.02. The van der Waals surface area contributed by atoms with Crippen molar-refractivity contribution in [2.75, 3.05) is 27.8 Å². The quantitative estimate of drug-likeness (QED) is 0.101. The lowest BCUT2D eigenvalue weighted by Gasteiger charge is -2.25. The van der Waals surface area contributed by atoms with Crippen LogP contribution in [-0.2, 0) is 32.2 Å². The largest absolute Gasteiger partial charge is 0.380 e. The highest BCUT2D eigenvalue weighted by Gasteiger charge is 2.80. The fraction of sp³-hybridized carbons (Fsp3) is 0.379. The molecule has 2 aromatic heterocycles. The summed E-state index contributed by atoms with van der Waals surface area (Å²) in [6.07, 6.45) is 0. The molecular weight excluding hydrogens is 590 g/mol. The molecule has 12 heteroatoms. The van der Waals surface area contributed by atoms with E-state index in [0.717, 1.165) is 22.7 Å². The van der Waals surface area contributed by atoms with Gasteiger partial charge in [0.05, 0.1) is 24.4 Å². The van der Waals surface area contributed by atoms with Crippen molar-refractivity contribution in [3.63, 3.8) is 0 Å². The molecule has 0 saturated heterocycles. The van der Waals surface area contributed by atoms with Crippen LogP contribution in [0.3, 0.4) is 0 Å². The number of thiophene rings is 2. The average Bonchev–Trinajstić information content (AvgIpc) is 3.45. The molecule has 2 aromatic carbocycles. The van der Waals surface area contributed by atoms with Gasteiger partial charge in [0.2, 0.25) is 0 Å². The summed E-state index contributed by atoms with van der Waals surface area (Å²) in [5.74, 6) is -15.9. The lowest BCUT2D eigenvalue weighted by atomic mass is 9.98. The molecule has 0 N–H and O–H groups in total. The van der Waals surface area contributed by atoms with Crippen LogP contribution < -0.4 is 0 Å². The van der Waals surface area contributed by atoms with Crippen molar-refractivity contribution in [2.45, 2.75) is 44.8 Å². The predicted octanol–water partition coefficient (Wildman–Crippen LogP) is 8.80. The van der Waals surface area contributed by atoms with Crippen LogP contribution in [0.1, 0.15) is 32.0 Å². The Hall–Kier alpha value is -2.48. The van der Waals surface area contributed by atoms with E-state index in [4.69, 9.17) is 18.9 Å². The number of allylic oxidation sites excluding steroid dienone is 2. The van der Waals surface area contributed by atoms with Gasteiger partial charge in [-0.2, -0.15) is 26.3 Å². The smallest absolute Gasteiger partial charge is 0.359 e. The number of fused-ring (bicyclic) bond motifs is 2. The monoisotopic (exact) mass is 616 g/mol. The van der Waals surface area contributed by atoms with Gasteiger partial charge >= 0.3 is 17.8 Å². The summed E-state index contributed by atoms with van der Waals surface area (Å²) in [5, 5.41) is 1.02. The highest BCUT2D eigenvalue weighted by atomic mass is 32.1. The zero-order valence-electron chi connectivity index (χ0n) is 22.5. The molecule has 41 heavy (non-hydrogen) atoms. The second-order valence-electron chi connectivity index (χ2n) is 9.76. The number of aryl methyl sites for hydroxylation is 2. The van der Waals surface area contributed by atoms with Gasteiger partial charge in [0.15, 0.2) is 0 Å². The van der Waals surface area contributed by atoms with Crippen molar-refractivity contribution in [1.82, 2.24) is 0 Å². The van der Waals surface area contributed by atoms with Crippen LogP contribution in [0.15, 0.2) is 36.4 Å². The highest BCUT2D eigenvalue weighted by molar-refractivity contribution is 7.21. The summed E-state index contributed by atoms with van der Waals surface area (Å²) in [6.45, 7) is 3.36. The Kier molecular flexibility index (Phi) is 8.03. The van der Waals surface area contributed by atoms with Crippen molar-refractivity contribution in [1.29, 1.82) is 0 Å². The lowest BCUT2D eigenvalue weighted by Crippen LogP contribution is -2.48. The molecule has 4 aromatic rings. The summed E-state index contributed by atoms with van der Waals surface area (Å²) in [7, 11) is 2.93. The Labute approximate surface area is 240 Å². The minimum atomic E-state index is -5.63. The van der Waals surface area contributed by atoms with E-state index in [9.17, 15) is 0 Å². The van der Waals surface area contributed by atoms with E-state index in [1.54, 1.807) is 36.4 Å². The first-order chi connectivity index (χ1) is 19.4. The third kappa shape index (κ3) is 4.78. The van der Waals surface area contributed by atoms with Crippen LogP contribution in [0.2, 0.25) is 0 Å². The van der Waals surface area contributed by atoms with Gasteiger partial charge < -0.3 is 18.9 Å². The van der Waals surface area contributed by atoms with E-state index < -0.39 is 28.9 Å². The average molecular weight is 617 g/mol. The van der Waals surface area contributed by atoms with Crippen LogP contribution in [0.25, 0.3) is 31.3 Å². The van der Waals surface area contributed by atoms with Crippen LogP contribution in [-0.4, -0.2) is 45.6 Å². The number of rotatable bonds is 10. The molecule has 4 nitrogen and oxygen atoms in total. The van der Waals surface area contributed by atoms with Gasteiger partial charge in [-0.15, -0.1) is 22.7 Å². The minimum Gasteiger partial charge on any atom is -0.359 e. The number of ether oxygens (including phenoxy) is 4. The summed E-state index contributed by atoms with van der Waals surface area (Å²) < 4.78 is 114. The first-order valence-corrected chi connectivity index (χ1v) is 14.1. The summed E-state index contributed by atoms with van der Waals surface area (Å²) in [6, 6.07) is 10.1. The number of hydrogen-bond acceptors (Lipinski definition) is 6. The first kappa shape index (κ1) is 30.0. The van der Waals surface area contributed by atoms with E-state index >= 15 is 26.3 Å². The van der Waals surface area contributed by atoms with Gasteiger partial charge in [0.1, 0.15) is 13.6 Å². The third-order valence-electron chi connectivity index (χ3n) is 7.07. The lowest BCUT2D eigenvalue weighted by molar-refractivity contribution is -0.254. The van der Waals surface area contributed by atoms with Gasteiger partial charge in [-0.25, -0.2) is 0 Å². The summed E-state index contributed by atoms with van der Waals surface area (Å²) in [4.78, 5) is -0.588. The molecule has 0 spiro atoms. The van der Waals surface area contributed by atoms with Gasteiger partial charge in [0, 0.05) is 33.4 Å². The maximum atomic E-state index is 15.6. The van der Waals surface area contributed by atoms with Gasteiger partial charge in [-0.1, -0.05) is 24.3 Å². The number of methoxy groups -OCH3 is 2. The van der Waals surface area contributed by atoms with E-state index in [1.807, 2.05) is 0 Å². The molecule has 0 aliphatic heterocycles. The summed E-state index contributed by atoms with van der Waals surface area (Å²) >= 11 is 1.58. The molecule has 5 rings (SSSR count). The van der Waals surface area contributed by atoms with Crippen LogP contribution in [0.5, 0.6) is 0 Å². The fourth-order valence-corrected chi connectivity index (χ4v) is 7.73. The Morgan fingerprint density at radius 2 is 1.02 bits per heavy atom. The molecular formula is C29H26F6O4S2. The van der Waals surface area contributed by atoms with E-state index in [1.165, 1.54) is 28.1 Å². The normalized spacial score (nSPS) is 17.8. The molecule has 220 valence electrons. The van der Waals surface area contributed by atoms with Gasteiger partial charge in [-0.05, 0) is 59.0 Å². The maximum absolute atomic E-state index is 15.6. The molecule has 0 saturated carbocycles. The van der Waals surface area contributed by atoms with E-state index in [-0.39, 0.29) is 47.7 Å². The molecule has 0 radical (unpaired) electrons. The molecule has 0 bridgehead atoms. The van der Waals surface area contributed by atoms with Gasteiger partial charge in [-0.3, -0.25) is 0 Å². The van der Waals surface area contributed by atoms with Crippen LogP contribution in [0.4, 0.5) is 26.3 Å². The summed E-state index contributed by atoms with van der Waals surface area (Å²) in [5.41, 5.74) is -0.826. The molecule has 1 aliphatic carbocycles. The number of hydrogen-bond donors (Lipinski definition) is 0. The Morgan fingerprint density at radius 1 is 0.634 bits per heavy atom. The van der Waals surface area contributed by atoms with Crippen molar-refractivity contribution in [2.24, 2.45) is 0 Å². The van der Waals surface area contributed by atoms with Gasteiger partial charge in [0.25, 0.3) is 0 Å². The van der Waals surface area contributed by atoms with Crippen LogP contribution >= 0.6 is 22.7 Å². The van der Waals surface area contributed by atoms with Crippen molar-refractivity contribution in [3.05, 3.63) is 68.4 Å². The molecule has 1 aliphatic rings. The molecule has 0 unspecified atom stereocenters. The molecule has 0 fully saturated rings. The minimum absolute atomic E-state index is 0.0373. The Balaban J connectivity index is 1.71. The SMILES string of the molecule is COCOCc1ccc2c(C)c(C3=C(c4sc5cc(COCOC)ccc5c4C)C(F)(F)C(F)(F)C3(F)F)sc2c1. The Morgan fingerprint density at radius 3 is 1.39 bits per heavy atom. The number of halogens is 6. The van der Waals surface area contributed by atoms with Crippen molar-refractivity contribution >= 4 is 54.0 Å². The van der Waals surface area contributed by atoms with Crippen molar-refractivity contribution in [3.8, 4) is 0 Å². The van der Waals surface area contributed by atoms with E-state index in [0.29, 0.717) is 31.3 Å². The molecule has 0 atom stereocenters. The first-order valence-electron chi connectivity index (χ1n) is 12.4. The van der Waals surface area contributed by atoms with Crippen LogP contribution in [0, 0.1) is 13.8 Å². The second-order valence-corrected chi connectivity index (χ2v) is 11.9. The standard InChI is InChI=1S/C29H26F6O4S2/c1-15-19-7-5-17(11-38-13-36-3)9-21(19)40-25(15)23-24(28(32,33)29(34,35)27(23,30)31)26-16(2)20-8-6-18(10-22(20)41-26)12-39-14-37-4/h5-10H,11-14H2,1-4H3. The predicted molar refractivity (Wildman–Crippen MR) is 148 cm³/mol. The van der Waals surface area contributed by atoms with E-state index in [2.05, 4.69) is 0 Å². The zero-order chi connectivity index (χ0) is 29.7. The number of benzene rings is 2. The zero-order valence-corrected chi connectivity index (χ0v) is 24.1. The Bertz CT molecular complexity index is 1520. The third-order valence-corrected chi connectivity index (χ3v) is 9.61. The molecule has 2 heterocycles. The highest BCUT2D eigenvalue weighted by Crippen LogP contribution is 2.67. The van der Waals surface area contributed by atoms with Crippen molar-refractivity contribution < 1.29 is 45.3 Å². The topological polar surface area (TPSA) is 36.9 Å².